The Kier molecular flexibility index (Phi) is 7.63. The van der Waals surface area contributed by atoms with Gasteiger partial charge in [-0.15, -0.1) is 0 Å². The fraction of sp³-hybridized carbons (Fsp3) is 0.688. The predicted octanol–water partition coefficient (Wildman–Crippen LogP) is 5.46. The highest BCUT2D eigenvalue weighted by Crippen LogP contribution is 2.27. The molecule has 0 fully saturated rings. The van der Waals surface area contributed by atoms with Gasteiger partial charge in [0.05, 0.1) is 5.69 Å². The van der Waals surface area contributed by atoms with Crippen LogP contribution in [0.15, 0.2) is 18.3 Å². The molecule has 0 spiro atoms. The van der Waals surface area contributed by atoms with Crippen LogP contribution in [0.5, 0.6) is 0 Å². The van der Waals surface area contributed by atoms with Gasteiger partial charge >= 0.3 is 0 Å². The molecule has 1 aromatic rings. The van der Waals surface area contributed by atoms with Crippen molar-refractivity contribution < 1.29 is 4.39 Å². The summed E-state index contributed by atoms with van der Waals surface area (Å²) in [6.07, 6.45) is 11.3. The van der Waals surface area contributed by atoms with E-state index in [1.165, 1.54) is 38.2 Å². The number of pyridine rings is 1. The van der Waals surface area contributed by atoms with Crippen molar-refractivity contribution >= 4 is 0 Å². The number of nitrogens with zero attached hydrogens (tertiary/aromatic N) is 1. The normalized spacial score (nSPS) is 12.6. The van der Waals surface area contributed by atoms with Gasteiger partial charge in [0, 0.05) is 12.1 Å². The Balaban J connectivity index is 2.47. The van der Waals surface area contributed by atoms with Gasteiger partial charge in [-0.3, -0.25) is 4.98 Å². The average molecular weight is 251 g/mol. The number of halogens is 1. The minimum Gasteiger partial charge on any atom is -0.258 e. The number of rotatable bonds is 9. The summed E-state index contributed by atoms with van der Waals surface area (Å²) in [4.78, 5) is 4.24. The smallest absolute Gasteiger partial charge is 0.144 e. The van der Waals surface area contributed by atoms with E-state index in [0.29, 0.717) is 11.6 Å². The van der Waals surface area contributed by atoms with Crippen molar-refractivity contribution in [3.8, 4) is 0 Å². The first-order valence-electron chi connectivity index (χ1n) is 7.40. The summed E-state index contributed by atoms with van der Waals surface area (Å²) in [5.41, 5.74) is 0.676. The van der Waals surface area contributed by atoms with E-state index >= 15 is 0 Å². The minimum absolute atomic E-state index is 0.135. The van der Waals surface area contributed by atoms with Crippen molar-refractivity contribution in [3.05, 3.63) is 29.8 Å². The van der Waals surface area contributed by atoms with Crippen molar-refractivity contribution in [2.24, 2.45) is 0 Å². The molecule has 0 aliphatic carbocycles. The summed E-state index contributed by atoms with van der Waals surface area (Å²) in [5.74, 6) is 0.169. The van der Waals surface area contributed by atoms with E-state index in [9.17, 15) is 4.39 Å². The van der Waals surface area contributed by atoms with Crippen molar-refractivity contribution in [2.75, 3.05) is 0 Å². The molecule has 1 heterocycles. The van der Waals surface area contributed by atoms with Gasteiger partial charge in [-0.2, -0.15) is 0 Å². The topological polar surface area (TPSA) is 12.9 Å². The SMILES string of the molecule is CCCCCCCC(CCC)c1ncccc1F. The largest absolute Gasteiger partial charge is 0.258 e. The second-order valence-corrected chi connectivity index (χ2v) is 5.06. The molecule has 1 unspecified atom stereocenters. The quantitative estimate of drug-likeness (QED) is 0.531. The maximum atomic E-state index is 13.7. The number of aromatic nitrogens is 1. The van der Waals surface area contributed by atoms with Crippen LogP contribution >= 0.6 is 0 Å². The van der Waals surface area contributed by atoms with Gasteiger partial charge in [-0.1, -0.05) is 52.4 Å². The van der Waals surface area contributed by atoms with E-state index in [1.54, 1.807) is 12.3 Å². The Labute approximate surface area is 111 Å². The highest BCUT2D eigenvalue weighted by Gasteiger charge is 2.15. The van der Waals surface area contributed by atoms with Crippen molar-refractivity contribution in [1.82, 2.24) is 4.98 Å². The van der Waals surface area contributed by atoms with Crippen LogP contribution in [0.1, 0.15) is 76.8 Å². The van der Waals surface area contributed by atoms with E-state index < -0.39 is 0 Å². The summed E-state index contributed by atoms with van der Waals surface area (Å²) >= 11 is 0. The maximum absolute atomic E-state index is 13.7. The zero-order valence-electron chi connectivity index (χ0n) is 11.8. The highest BCUT2D eigenvalue weighted by atomic mass is 19.1. The molecular formula is C16H26FN. The Hall–Kier alpha value is -0.920. The molecule has 1 nitrogen and oxygen atoms in total. The van der Waals surface area contributed by atoms with Crippen LogP contribution in [0, 0.1) is 5.82 Å². The third-order valence-electron chi connectivity index (χ3n) is 3.47. The Bertz CT molecular complexity index is 325. The van der Waals surface area contributed by atoms with E-state index in [1.807, 2.05) is 0 Å². The number of unbranched alkanes of at least 4 members (excludes halogenated alkanes) is 4. The second kappa shape index (κ2) is 9.07. The Morgan fingerprint density at radius 3 is 2.50 bits per heavy atom. The van der Waals surface area contributed by atoms with E-state index in [4.69, 9.17) is 0 Å². The summed E-state index contributed by atoms with van der Waals surface area (Å²) in [7, 11) is 0. The van der Waals surface area contributed by atoms with E-state index in [-0.39, 0.29) is 5.82 Å². The molecule has 0 saturated carbocycles. The Morgan fingerprint density at radius 2 is 1.83 bits per heavy atom. The first-order chi connectivity index (χ1) is 8.79. The molecule has 1 rings (SSSR count). The average Bonchev–Trinajstić information content (AvgIpc) is 2.38. The molecule has 0 aromatic carbocycles. The molecule has 0 N–H and O–H groups in total. The summed E-state index contributed by atoms with van der Waals surface area (Å²) in [5, 5.41) is 0. The van der Waals surface area contributed by atoms with E-state index in [0.717, 1.165) is 19.3 Å². The maximum Gasteiger partial charge on any atom is 0.144 e. The van der Waals surface area contributed by atoms with Gasteiger partial charge in [-0.05, 0) is 25.0 Å². The molecule has 18 heavy (non-hydrogen) atoms. The van der Waals surface area contributed by atoms with Gasteiger partial charge in [0.25, 0.3) is 0 Å². The molecular weight excluding hydrogens is 225 g/mol. The van der Waals surface area contributed by atoms with Crippen LogP contribution in [0.4, 0.5) is 4.39 Å². The Morgan fingerprint density at radius 1 is 1.06 bits per heavy atom. The van der Waals surface area contributed by atoms with Crippen molar-refractivity contribution in [2.45, 2.75) is 71.1 Å². The van der Waals surface area contributed by atoms with Gasteiger partial charge in [0.2, 0.25) is 0 Å². The van der Waals surface area contributed by atoms with Crippen LogP contribution in [-0.4, -0.2) is 4.98 Å². The molecule has 1 atom stereocenters. The lowest BCUT2D eigenvalue weighted by atomic mass is 9.92. The van der Waals surface area contributed by atoms with Crippen LogP contribution in [0.25, 0.3) is 0 Å². The van der Waals surface area contributed by atoms with Crippen molar-refractivity contribution in [1.29, 1.82) is 0 Å². The molecule has 0 bridgehead atoms. The lowest BCUT2D eigenvalue weighted by Gasteiger charge is -2.16. The third kappa shape index (κ3) is 5.16. The summed E-state index contributed by atoms with van der Waals surface area (Å²) < 4.78 is 13.7. The fourth-order valence-electron chi connectivity index (χ4n) is 2.46. The fourth-order valence-corrected chi connectivity index (χ4v) is 2.46. The van der Waals surface area contributed by atoms with Crippen LogP contribution in [-0.2, 0) is 0 Å². The van der Waals surface area contributed by atoms with Crippen LogP contribution < -0.4 is 0 Å². The lowest BCUT2D eigenvalue weighted by molar-refractivity contribution is 0.480. The van der Waals surface area contributed by atoms with Gasteiger partial charge < -0.3 is 0 Å². The predicted molar refractivity (Wildman–Crippen MR) is 75.2 cm³/mol. The zero-order chi connectivity index (χ0) is 13.2. The second-order valence-electron chi connectivity index (χ2n) is 5.06. The zero-order valence-corrected chi connectivity index (χ0v) is 11.8. The molecule has 0 aliphatic heterocycles. The van der Waals surface area contributed by atoms with Crippen molar-refractivity contribution in [3.63, 3.8) is 0 Å². The monoisotopic (exact) mass is 251 g/mol. The van der Waals surface area contributed by atoms with Gasteiger partial charge in [0.15, 0.2) is 0 Å². The molecule has 0 amide bonds. The van der Waals surface area contributed by atoms with Crippen LogP contribution in [0.3, 0.4) is 0 Å². The molecule has 102 valence electrons. The molecule has 0 saturated heterocycles. The summed E-state index contributed by atoms with van der Waals surface area (Å²) in [6.45, 7) is 4.38. The van der Waals surface area contributed by atoms with Gasteiger partial charge in [-0.25, -0.2) is 4.39 Å². The number of hydrogen-bond acceptors (Lipinski definition) is 1. The van der Waals surface area contributed by atoms with E-state index in [2.05, 4.69) is 18.8 Å². The first-order valence-corrected chi connectivity index (χ1v) is 7.40. The molecule has 0 aliphatic rings. The molecule has 1 aromatic heterocycles. The first kappa shape index (κ1) is 15.1. The lowest BCUT2D eigenvalue weighted by Crippen LogP contribution is -2.04. The van der Waals surface area contributed by atoms with Crippen LogP contribution in [0.2, 0.25) is 0 Å². The molecule has 0 radical (unpaired) electrons. The third-order valence-corrected chi connectivity index (χ3v) is 3.47. The standard InChI is InChI=1S/C16H26FN/c1-3-5-6-7-8-11-14(10-4-2)16-15(17)12-9-13-18-16/h9,12-14H,3-8,10-11H2,1-2H3. The summed E-state index contributed by atoms with van der Waals surface area (Å²) in [6, 6.07) is 3.20. The number of hydrogen-bond donors (Lipinski definition) is 0. The minimum atomic E-state index is -0.135. The highest BCUT2D eigenvalue weighted by molar-refractivity contribution is 5.12. The van der Waals surface area contributed by atoms with Gasteiger partial charge in [0.1, 0.15) is 5.82 Å². The molecule has 2 heteroatoms.